The summed E-state index contributed by atoms with van der Waals surface area (Å²) in [4.78, 5) is 0. The Morgan fingerprint density at radius 3 is 2.07 bits per heavy atom. The first kappa shape index (κ1) is 21.7. The van der Waals surface area contributed by atoms with Gasteiger partial charge in [0.15, 0.2) is 6.29 Å². The topological polar surface area (TPSA) is 18.5 Å². The van der Waals surface area contributed by atoms with Crippen LogP contribution in [0.25, 0.3) is 11.1 Å². The Balaban J connectivity index is 1.33. The molecule has 2 aromatic carbocycles. The second kappa shape index (κ2) is 9.76. The van der Waals surface area contributed by atoms with Crippen molar-refractivity contribution in [3.63, 3.8) is 0 Å². The number of ether oxygens (including phenoxy) is 2. The second-order valence-electron chi connectivity index (χ2n) is 8.68. The maximum atomic E-state index is 13.8. The molecule has 30 heavy (non-hydrogen) atoms. The van der Waals surface area contributed by atoms with Crippen LogP contribution in [0.5, 0.6) is 0 Å². The van der Waals surface area contributed by atoms with Crippen LogP contribution in [0.1, 0.15) is 56.9 Å². The number of rotatable bonds is 5. The van der Waals surface area contributed by atoms with Gasteiger partial charge in [-0.05, 0) is 66.8 Å². The number of benzene rings is 2. The quantitative estimate of drug-likeness (QED) is 0.458. The number of hydrogen-bond donors (Lipinski definition) is 0. The van der Waals surface area contributed by atoms with Gasteiger partial charge in [-0.25, -0.2) is 8.78 Å². The normalized spacial score (nSPS) is 27.2. The summed E-state index contributed by atoms with van der Waals surface area (Å²) < 4.78 is 39.6. The zero-order valence-electron chi connectivity index (χ0n) is 17.4. The number of halogens is 3. The summed E-state index contributed by atoms with van der Waals surface area (Å²) in [6.45, 7) is 3.85. The lowest BCUT2D eigenvalue weighted by Gasteiger charge is -2.37. The van der Waals surface area contributed by atoms with Crippen LogP contribution in [0.3, 0.4) is 0 Å². The molecule has 1 saturated carbocycles. The highest BCUT2D eigenvalue weighted by molar-refractivity contribution is 6.31. The zero-order chi connectivity index (χ0) is 21.1. The Bertz CT molecular complexity index is 816. The largest absolute Gasteiger partial charge is 0.352 e. The van der Waals surface area contributed by atoms with Crippen molar-refractivity contribution in [3.05, 3.63) is 58.6 Å². The van der Waals surface area contributed by atoms with Gasteiger partial charge in [0, 0.05) is 11.8 Å². The molecule has 0 atom stereocenters. The summed E-state index contributed by atoms with van der Waals surface area (Å²) in [5.74, 6) is 0.0571. The van der Waals surface area contributed by atoms with E-state index >= 15 is 0 Å². The predicted molar refractivity (Wildman–Crippen MR) is 116 cm³/mol. The monoisotopic (exact) mass is 434 g/mol. The van der Waals surface area contributed by atoms with Crippen LogP contribution < -0.4 is 0 Å². The lowest BCUT2D eigenvalue weighted by molar-refractivity contribution is -0.229. The van der Waals surface area contributed by atoms with E-state index in [0.29, 0.717) is 23.3 Å². The zero-order valence-corrected chi connectivity index (χ0v) is 18.1. The van der Waals surface area contributed by atoms with Gasteiger partial charge in [-0.2, -0.15) is 0 Å². The van der Waals surface area contributed by atoms with Crippen LogP contribution in [0, 0.1) is 23.5 Å². The molecule has 2 aromatic rings. The fourth-order valence-electron chi connectivity index (χ4n) is 4.80. The molecule has 1 saturated heterocycles. The van der Waals surface area contributed by atoms with Crippen LogP contribution in [0.2, 0.25) is 5.02 Å². The van der Waals surface area contributed by atoms with E-state index in [2.05, 4.69) is 19.1 Å². The van der Waals surface area contributed by atoms with Crippen molar-refractivity contribution < 1.29 is 18.3 Å². The smallest absolute Gasteiger partial charge is 0.160 e. The van der Waals surface area contributed by atoms with E-state index in [-0.39, 0.29) is 6.29 Å². The van der Waals surface area contributed by atoms with Gasteiger partial charge in [-0.15, -0.1) is 0 Å². The van der Waals surface area contributed by atoms with Gasteiger partial charge in [-0.1, -0.05) is 49.2 Å². The maximum Gasteiger partial charge on any atom is 0.160 e. The molecule has 0 spiro atoms. The molecule has 0 radical (unpaired) electrons. The summed E-state index contributed by atoms with van der Waals surface area (Å²) >= 11 is 5.59. The van der Waals surface area contributed by atoms with Gasteiger partial charge in [0.2, 0.25) is 0 Å². The van der Waals surface area contributed by atoms with Gasteiger partial charge >= 0.3 is 0 Å². The first-order valence-corrected chi connectivity index (χ1v) is 11.4. The highest BCUT2D eigenvalue weighted by Gasteiger charge is 2.32. The Labute approximate surface area is 182 Å². The molecule has 1 aliphatic heterocycles. The van der Waals surface area contributed by atoms with Gasteiger partial charge in [0.25, 0.3) is 0 Å². The molecule has 0 unspecified atom stereocenters. The van der Waals surface area contributed by atoms with Crippen LogP contribution >= 0.6 is 11.6 Å². The summed E-state index contributed by atoms with van der Waals surface area (Å²) in [5, 5.41) is -0.459. The van der Waals surface area contributed by atoms with E-state index < -0.39 is 16.7 Å². The highest BCUT2D eigenvalue weighted by atomic mass is 35.5. The summed E-state index contributed by atoms with van der Waals surface area (Å²) in [6.07, 6.45) is 6.72. The molecule has 0 N–H and O–H groups in total. The van der Waals surface area contributed by atoms with Crippen LogP contribution in [0.15, 0.2) is 36.4 Å². The minimum atomic E-state index is -0.734. The molecule has 1 aliphatic carbocycles. The molecule has 0 bridgehead atoms. The molecule has 5 heteroatoms. The average Bonchev–Trinajstić information content (AvgIpc) is 2.78. The van der Waals surface area contributed by atoms with E-state index in [1.165, 1.54) is 30.5 Å². The van der Waals surface area contributed by atoms with Crippen molar-refractivity contribution in [2.75, 3.05) is 13.2 Å². The van der Waals surface area contributed by atoms with E-state index in [1.54, 1.807) is 0 Å². The van der Waals surface area contributed by atoms with Crippen LogP contribution in [-0.2, 0) is 9.47 Å². The second-order valence-corrected chi connectivity index (χ2v) is 9.06. The van der Waals surface area contributed by atoms with Crippen LogP contribution in [-0.4, -0.2) is 19.5 Å². The lowest BCUT2D eigenvalue weighted by atomic mass is 9.78. The Hall–Kier alpha value is -1.49. The van der Waals surface area contributed by atoms with E-state index in [1.807, 2.05) is 12.1 Å². The molecular formula is C25H29ClF2O2. The van der Waals surface area contributed by atoms with Gasteiger partial charge < -0.3 is 9.47 Å². The van der Waals surface area contributed by atoms with Crippen molar-refractivity contribution in [1.29, 1.82) is 0 Å². The molecule has 2 fully saturated rings. The Morgan fingerprint density at radius 2 is 1.50 bits per heavy atom. The summed E-state index contributed by atoms with van der Waals surface area (Å²) in [7, 11) is 0. The van der Waals surface area contributed by atoms with E-state index in [9.17, 15) is 8.78 Å². The fourth-order valence-corrected chi connectivity index (χ4v) is 4.91. The lowest BCUT2D eigenvalue weighted by Crippen LogP contribution is -2.38. The first-order chi connectivity index (χ1) is 14.5. The standard InChI is InChI=1S/C25H29ClF2O2/c1-2-3-16-14-29-25(30-15-16)20-10-8-18(9-11-20)17-4-6-19(7-5-17)21-12-22(27)24(26)23(28)13-21/h4-7,12-13,16,18,20,25H,2-3,8-11,14-15H2,1H3. The number of hydrogen-bond acceptors (Lipinski definition) is 2. The maximum absolute atomic E-state index is 13.8. The third-order valence-corrected chi connectivity index (χ3v) is 6.91. The van der Waals surface area contributed by atoms with Gasteiger partial charge in [0.05, 0.1) is 13.2 Å². The highest BCUT2D eigenvalue weighted by Crippen LogP contribution is 2.39. The van der Waals surface area contributed by atoms with Gasteiger partial charge in [0.1, 0.15) is 16.7 Å². The van der Waals surface area contributed by atoms with E-state index in [4.69, 9.17) is 21.1 Å². The first-order valence-electron chi connectivity index (χ1n) is 11.0. The molecule has 162 valence electrons. The molecule has 0 amide bonds. The van der Waals surface area contributed by atoms with Crippen molar-refractivity contribution in [1.82, 2.24) is 0 Å². The molecule has 1 heterocycles. The SMILES string of the molecule is CCCC1COC(C2CCC(c3ccc(-c4cc(F)c(Cl)c(F)c4)cc3)CC2)OC1. The Kier molecular flexibility index (Phi) is 7.07. The molecule has 4 rings (SSSR count). The van der Waals surface area contributed by atoms with Crippen LogP contribution in [0.4, 0.5) is 8.78 Å². The summed E-state index contributed by atoms with van der Waals surface area (Å²) in [6, 6.07) is 10.6. The fraction of sp³-hybridized carbons (Fsp3) is 0.520. The molecular weight excluding hydrogens is 406 g/mol. The molecule has 2 aliphatic rings. The third kappa shape index (κ3) is 4.87. The van der Waals surface area contributed by atoms with Gasteiger partial charge in [-0.3, -0.25) is 0 Å². The Morgan fingerprint density at radius 1 is 0.900 bits per heavy atom. The van der Waals surface area contributed by atoms with E-state index in [0.717, 1.165) is 44.5 Å². The molecule has 0 aromatic heterocycles. The summed E-state index contributed by atoms with van der Waals surface area (Å²) in [5.41, 5.74) is 2.56. The van der Waals surface area contributed by atoms with Crippen molar-refractivity contribution in [2.45, 2.75) is 57.7 Å². The minimum absolute atomic E-state index is 0.0453. The van der Waals surface area contributed by atoms with Crippen molar-refractivity contribution >= 4 is 11.6 Å². The predicted octanol–water partition coefficient (Wildman–Crippen LogP) is 7.35. The third-order valence-electron chi connectivity index (χ3n) is 6.55. The van der Waals surface area contributed by atoms with Crippen molar-refractivity contribution in [2.24, 2.45) is 11.8 Å². The molecule has 2 nitrogen and oxygen atoms in total. The van der Waals surface area contributed by atoms with Crippen molar-refractivity contribution in [3.8, 4) is 11.1 Å². The average molecular weight is 435 g/mol. The minimum Gasteiger partial charge on any atom is -0.352 e.